The minimum atomic E-state index is -2.02. The second-order valence-electron chi connectivity index (χ2n) is 17.1. The molecular formula is C41H59NO4SSi2. The summed E-state index contributed by atoms with van der Waals surface area (Å²) in [5, 5.41) is 13.3. The van der Waals surface area contributed by atoms with Gasteiger partial charge in [-0.15, -0.1) is 11.3 Å². The lowest BCUT2D eigenvalue weighted by atomic mass is 9.96. The summed E-state index contributed by atoms with van der Waals surface area (Å²) in [4.78, 5) is 3.55. The van der Waals surface area contributed by atoms with Crippen LogP contribution in [0.25, 0.3) is 20.5 Å². The third-order valence-electron chi connectivity index (χ3n) is 11.2. The molecule has 8 heteroatoms. The minimum absolute atomic E-state index is 0.0975. The molecule has 49 heavy (non-hydrogen) atoms. The second-order valence-corrected chi connectivity index (χ2v) is 27.6. The van der Waals surface area contributed by atoms with Gasteiger partial charge < -0.3 is 18.7 Å². The summed E-state index contributed by atoms with van der Waals surface area (Å²) in [7, 11) is -3.98. The minimum Gasteiger partial charge on any atom is -0.544 e. The van der Waals surface area contributed by atoms with Gasteiger partial charge in [0.25, 0.3) is 0 Å². The highest BCUT2D eigenvalue weighted by Gasteiger charge is 2.40. The molecule has 0 aliphatic carbocycles. The first-order chi connectivity index (χ1) is 22.8. The average Bonchev–Trinajstić information content (AvgIpc) is 3.39. The lowest BCUT2D eigenvalue weighted by Crippen LogP contribution is -2.43. The lowest BCUT2D eigenvalue weighted by molar-refractivity contribution is 0.160. The molecule has 1 atom stereocenters. The van der Waals surface area contributed by atoms with Crippen LogP contribution in [0.4, 0.5) is 0 Å². The van der Waals surface area contributed by atoms with E-state index in [1.54, 1.807) is 11.3 Å². The van der Waals surface area contributed by atoms with Crippen LogP contribution in [-0.2, 0) is 0 Å². The summed E-state index contributed by atoms with van der Waals surface area (Å²) in [6.45, 7) is 28.9. The third kappa shape index (κ3) is 8.82. The van der Waals surface area contributed by atoms with Crippen molar-refractivity contribution in [2.24, 2.45) is 5.92 Å². The number of fused-ring (bicyclic) bond motifs is 1. The Morgan fingerprint density at radius 1 is 0.776 bits per heavy atom. The van der Waals surface area contributed by atoms with Crippen molar-refractivity contribution >= 4 is 38.1 Å². The number of rotatable bonds is 11. The van der Waals surface area contributed by atoms with Gasteiger partial charge in [0.05, 0.1) is 0 Å². The molecule has 2 heterocycles. The maximum absolute atomic E-state index is 12.1. The van der Waals surface area contributed by atoms with Gasteiger partial charge in [-0.25, -0.2) is 0 Å². The molecule has 0 radical (unpaired) electrons. The van der Waals surface area contributed by atoms with Crippen molar-refractivity contribution in [3.63, 3.8) is 0 Å². The number of aliphatic hydroxyl groups excluding tert-OH is 1. The Morgan fingerprint density at radius 3 is 1.88 bits per heavy atom. The van der Waals surface area contributed by atoms with Crippen molar-refractivity contribution in [2.45, 2.75) is 104 Å². The van der Waals surface area contributed by atoms with Gasteiger partial charge in [0.1, 0.15) is 30.0 Å². The summed E-state index contributed by atoms with van der Waals surface area (Å²) in [6.07, 6.45) is 1.74. The third-order valence-corrected chi connectivity index (χ3v) is 21.1. The van der Waals surface area contributed by atoms with Crippen molar-refractivity contribution in [3.05, 3.63) is 77.9 Å². The number of aliphatic hydroxyl groups is 1. The Hall–Kier alpha value is -2.63. The van der Waals surface area contributed by atoms with E-state index in [1.165, 1.54) is 12.8 Å². The van der Waals surface area contributed by atoms with Crippen molar-refractivity contribution in [1.29, 1.82) is 0 Å². The molecule has 1 fully saturated rings. The van der Waals surface area contributed by atoms with Crippen LogP contribution in [0.3, 0.4) is 0 Å². The number of hydrogen-bond acceptors (Lipinski definition) is 6. The largest absolute Gasteiger partial charge is 0.544 e. The maximum Gasteiger partial charge on any atom is 0.250 e. The summed E-state index contributed by atoms with van der Waals surface area (Å²) >= 11 is 1.71. The Kier molecular flexibility index (Phi) is 11.2. The number of likely N-dealkylation sites (tertiary alicyclic amines) is 1. The summed E-state index contributed by atoms with van der Waals surface area (Å²) in [5.74, 6) is 3.46. The molecule has 1 unspecified atom stereocenters. The van der Waals surface area contributed by atoms with Gasteiger partial charge in [0.2, 0.25) is 16.6 Å². The Labute approximate surface area is 301 Å². The molecule has 5 nitrogen and oxygen atoms in total. The van der Waals surface area contributed by atoms with Gasteiger partial charge >= 0.3 is 0 Å². The van der Waals surface area contributed by atoms with Gasteiger partial charge in [-0.3, -0.25) is 4.90 Å². The highest BCUT2D eigenvalue weighted by atomic mass is 32.1. The number of nitrogens with zero attached hydrogens (tertiary/aromatic N) is 1. The van der Waals surface area contributed by atoms with E-state index in [0.717, 1.165) is 74.5 Å². The fraction of sp³-hybridized carbons (Fsp3) is 0.512. The van der Waals surface area contributed by atoms with E-state index in [9.17, 15) is 5.11 Å². The molecular weight excluding hydrogens is 659 g/mol. The topological polar surface area (TPSA) is 51.2 Å². The van der Waals surface area contributed by atoms with E-state index in [-0.39, 0.29) is 10.1 Å². The fourth-order valence-electron chi connectivity index (χ4n) is 5.71. The molecule has 0 saturated carbocycles. The summed E-state index contributed by atoms with van der Waals surface area (Å²) < 4.78 is 20.5. The smallest absolute Gasteiger partial charge is 0.250 e. The van der Waals surface area contributed by atoms with E-state index in [2.05, 4.69) is 122 Å². The highest BCUT2D eigenvalue weighted by molar-refractivity contribution is 7.22. The van der Waals surface area contributed by atoms with Crippen LogP contribution >= 0.6 is 11.3 Å². The lowest BCUT2D eigenvalue weighted by Gasteiger charge is -2.36. The highest BCUT2D eigenvalue weighted by Crippen LogP contribution is 2.46. The molecule has 1 aromatic heterocycles. The van der Waals surface area contributed by atoms with Crippen molar-refractivity contribution in [2.75, 3.05) is 26.2 Å². The average molecular weight is 718 g/mol. The van der Waals surface area contributed by atoms with Crippen molar-refractivity contribution in [1.82, 2.24) is 4.90 Å². The molecule has 1 aliphatic rings. The summed E-state index contributed by atoms with van der Waals surface area (Å²) in [5.41, 5.74) is 2.83. The van der Waals surface area contributed by atoms with Crippen LogP contribution in [0.15, 0.2) is 66.7 Å². The quantitative estimate of drug-likeness (QED) is 0.157. The molecule has 1 saturated heterocycles. The van der Waals surface area contributed by atoms with Gasteiger partial charge in [-0.05, 0) is 139 Å². The molecule has 1 N–H and O–H groups in total. The van der Waals surface area contributed by atoms with Gasteiger partial charge in [-0.1, -0.05) is 60.6 Å². The normalized spacial score (nSPS) is 16.2. The number of hydrogen-bond donors (Lipinski definition) is 1. The molecule has 0 amide bonds. The maximum atomic E-state index is 12.1. The predicted octanol–water partition coefficient (Wildman–Crippen LogP) is 11.5. The number of thiophene rings is 1. The van der Waals surface area contributed by atoms with E-state index in [0.29, 0.717) is 6.61 Å². The molecule has 0 spiro atoms. The Balaban J connectivity index is 1.43. The SMILES string of the molecule is CC1CCN(CCOc2ccc(C(O)c3c(-c4ccc(O[Si](C)(C)C(C)(C)C)cc4)sc4cc(O[Si](C)(C)C(C)(C)C)ccc34)cc2)CC1. The van der Waals surface area contributed by atoms with Crippen LogP contribution < -0.4 is 13.6 Å². The monoisotopic (exact) mass is 717 g/mol. The van der Waals surface area contributed by atoms with E-state index in [1.807, 2.05) is 24.3 Å². The number of piperidine rings is 1. The van der Waals surface area contributed by atoms with Crippen LogP contribution in [0, 0.1) is 5.92 Å². The molecule has 0 bridgehead atoms. The van der Waals surface area contributed by atoms with Crippen molar-refractivity contribution in [3.8, 4) is 27.7 Å². The second kappa shape index (κ2) is 14.5. The molecule has 3 aromatic carbocycles. The van der Waals surface area contributed by atoms with Crippen LogP contribution in [0.1, 0.15) is 78.5 Å². The standard InChI is InChI=1S/C41H59NO4SSi2/c1-29-22-24-42(25-23-29)26-27-44-32-16-12-30(13-17-32)38(43)37-35-21-20-34(46-49(10,11)41(5,6)7)28-36(35)47-39(37)31-14-18-33(19-15-31)45-48(8,9)40(2,3)4/h12-21,28-29,38,43H,22-27H2,1-11H3. The molecule has 5 rings (SSSR count). The zero-order chi connectivity index (χ0) is 35.8. The Morgan fingerprint density at radius 2 is 1.31 bits per heavy atom. The van der Waals surface area contributed by atoms with Gasteiger partial charge in [0, 0.05) is 21.7 Å². The molecule has 4 aromatic rings. The van der Waals surface area contributed by atoms with Gasteiger partial charge in [-0.2, -0.15) is 0 Å². The number of ether oxygens (including phenoxy) is 1. The van der Waals surface area contributed by atoms with Crippen LogP contribution in [0.5, 0.6) is 17.2 Å². The zero-order valence-corrected chi connectivity index (χ0v) is 34.6. The fourth-order valence-corrected chi connectivity index (χ4v) is 9.03. The van der Waals surface area contributed by atoms with E-state index in [4.69, 9.17) is 13.6 Å². The predicted molar refractivity (Wildman–Crippen MR) is 214 cm³/mol. The zero-order valence-electron chi connectivity index (χ0n) is 31.8. The van der Waals surface area contributed by atoms with Crippen LogP contribution in [-0.4, -0.2) is 52.9 Å². The first-order valence-corrected chi connectivity index (χ1v) is 24.7. The first-order valence-electron chi connectivity index (χ1n) is 18.0. The van der Waals surface area contributed by atoms with Crippen molar-refractivity contribution < 1.29 is 18.7 Å². The van der Waals surface area contributed by atoms with Gasteiger partial charge in [0.15, 0.2) is 0 Å². The van der Waals surface area contributed by atoms with E-state index >= 15 is 0 Å². The first kappa shape index (κ1) is 37.6. The molecule has 266 valence electrons. The number of benzene rings is 3. The molecule has 1 aliphatic heterocycles. The Bertz CT molecular complexity index is 1690. The summed E-state index contributed by atoms with van der Waals surface area (Å²) in [6, 6.07) is 22.8. The van der Waals surface area contributed by atoms with Crippen LogP contribution in [0.2, 0.25) is 36.3 Å². The van der Waals surface area contributed by atoms with E-state index < -0.39 is 22.7 Å².